The number of carboxylic acid groups (broad SMARTS) is 1. The molecule has 1 fully saturated rings. The lowest BCUT2D eigenvalue weighted by molar-refractivity contribution is -0.137. The average molecular weight is 342 g/mol. The molecule has 6 nitrogen and oxygen atoms in total. The number of aliphatic carboxylic acids is 1. The van der Waals surface area contributed by atoms with Crippen molar-refractivity contribution in [1.82, 2.24) is 5.32 Å². The van der Waals surface area contributed by atoms with E-state index in [1.807, 2.05) is 6.07 Å². The van der Waals surface area contributed by atoms with Crippen LogP contribution in [0, 0.1) is 11.3 Å². The van der Waals surface area contributed by atoms with E-state index in [9.17, 15) is 14.9 Å². The molecule has 2 rings (SSSR count). The third kappa shape index (κ3) is 6.30. The lowest BCUT2D eigenvalue weighted by Gasteiger charge is -2.22. The molecule has 6 heteroatoms. The third-order valence-corrected chi connectivity index (χ3v) is 4.06. The van der Waals surface area contributed by atoms with Crippen molar-refractivity contribution < 1.29 is 19.4 Å². The second-order valence-electron chi connectivity index (χ2n) is 6.04. The van der Waals surface area contributed by atoms with Crippen LogP contribution in [-0.2, 0) is 9.59 Å². The van der Waals surface area contributed by atoms with E-state index in [4.69, 9.17) is 9.84 Å². The summed E-state index contributed by atoms with van der Waals surface area (Å²) in [6.45, 7) is 0.0653. The van der Waals surface area contributed by atoms with Gasteiger partial charge in [0.25, 0.3) is 5.91 Å². The number of nitrogens with one attached hydrogen (secondary N) is 1. The molecule has 1 aliphatic carbocycles. The van der Waals surface area contributed by atoms with Crippen LogP contribution in [0.15, 0.2) is 29.8 Å². The molecule has 1 saturated carbocycles. The van der Waals surface area contributed by atoms with Gasteiger partial charge in [-0.25, -0.2) is 0 Å². The molecule has 1 aromatic carbocycles. The van der Waals surface area contributed by atoms with Crippen molar-refractivity contribution in [2.45, 2.75) is 44.6 Å². The van der Waals surface area contributed by atoms with Gasteiger partial charge in [-0.15, -0.1) is 0 Å². The van der Waals surface area contributed by atoms with Crippen molar-refractivity contribution in [3.8, 4) is 11.8 Å². The van der Waals surface area contributed by atoms with Crippen molar-refractivity contribution in [1.29, 1.82) is 5.26 Å². The van der Waals surface area contributed by atoms with Gasteiger partial charge in [0.15, 0.2) is 0 Å². The largest absolute Gasteiger partial charge is 0.493 e. The molecule has 0 heterocycles. The van der Waals surface area contributed by atoms with E-state index in [0.717, 1.165) is 25.7 Å². The van der Waals surface area contributed by atoms with E-state index in [1.165, 1.54) is 12.5 Å². The third-order valence-electron chi connectivity index (χ3n) is 4.06. The van der Waals surface area contributed by atoms with Gasteiger partial charge in [-0.05, 0) is 36.6 Å². The average Bonchev–Trinajstić information content (AvgIpc) is 2.60. The number of carbonyl (C=O) groups excluding carboxylic acids is 1. The smallest absolute Gasteiger partial charge is 0.306 e. The van der Waals surface area contributed by atoms with Crippen molar-refractivity contribution >= 4 is 18.0 Å². The molecule has 1 amide bonds. The van der Waals surface area contributed by atoms with Crippen molar-refractivity contribution in [2.75, 3.05) is 6.61 Å². The minimum absolute atomic E-state index is 0.0493. The van der Waals surface area contributed by atoms with Gasteiger partial charge >= 0.3 is 5.97 Å². The Kier molecular flexibility index (Phi) is 7.02. The van der Waals surface area contributed by atoms with Crippen LogP contribution in [0.2, 0.25) is 0 Å². The lowest BCUT2D eigenvalue weighted by atomic mass is 9.95. The minimum atomic E-state index is -0.929. The Hall–Kier alpha value is -2.81. The summed E-state index contributed by atoms with van der Waals surface area (Å²) in [6.07, 6.45) is 6.74. The van der Waals surface area contributed by atoms with Gasteiger partial charge in [-0.3, -0.25) is 9.59 Å². The first-order valence-corrected chi connectivity index (χ1v) is 8.46. The Morgan fingerprint density at radius 2 is 2.08 bits per heavy atom. The van der Waals surface area contributed by atoms with Gasteiger partial charge in [-0.2, -0.15) is 5.26 Å². The Bertz CT molecular complexity index is 685. The number of nitrogens with zero attached hydrogens (tertiary/aromatic N) is 1. The molecule has 0 unspecified atom stereocenters. The molecule has 2 N–H and O–H groups in total. The number of rotatable bonds is 7. The SMILES string of the molecule is N#CC(=Cc1cccc(OCCC(=O)O)c1)C(=O)NC1CCCCC1. The van der Waals surface area contributed by atoms with Crippen LogP contribution < -0.4 is 10.1 Å². The van der Waals surface area contributed by atoms with Crippen molar-refractivity contribution in [3.63, 3.8) is 0 Å². The highest BCUT2D eigenvalue weighted by Crippen LogP contribution is 2.19. The van der Waals surface area contributed by atoms with Crippen LogP contribution in [0.1, 0.15) is 44.1 Å². The summed E-state index contributed by atoms with van der Waals surface area (Å²) in [4.78, 5) is 22.8. The lowest BCUT2D eigenvalue weighted by Crippen LogP contribution is -2.36. The number of benzene rings is 1. The second kappa shape index (κ2) is 9.48. The molecule has 0 spiro atoms. The molecule has 132 valence electrons. The number of amides is 1. The van der Waals surface area contributed by atoms with Gasteiger partial charge in [-0.1, -0.05) is 31.4 Å². The summed E-state index contributed by atoms with van der Waals surface area (Å²) in [5.74, 6) is -0.784. The zero-order valence-electron chi connectivity index (χ0n) is 14.0. The molecule has 0 aliphatic heterocycles. The molecule has 0 aromatic heterocycles. The van der Waals surface area contributed by atoms with Crippen LogP contribution >= 0.6 is 0 Å². The summed E-state index contributed by atoms with van der Waals surface area (Å²) in [6, 6.07) is 8.96. The van der Waals surface area contributed by atoms with Gasteiger partial charge in [0.2, 0.25) is 0 Å². The Morgan fingerprint density at radius 3 is 2.76 bits per heavy atom. The topological polar surface area (TPSA) is 99.4 Å². The van der Waals surface area contributed by atoms with E-state index in [1.54, 1.807) is 24.3 Å². The number of ether oxygens (including phenoxy) is 1. The highest BCUT2D eigenvalue weighted by molar-refractivity contribution is 6.01. The molecular formula is C19H22N2O4. The fourth-order valence-electron chi connectivity index (χ4n) is 2.78. The fourth-order valence-corrected chi connectivity index (χ4v) is 2.78. The molecule has 0 bridgehead atoms. The second-order valence-corrected chi connectivity index (χ2v) is 6.04. The molecule has 0 radical (unpaired) electrons. The summed E-state index contributed by atoms with van der Waals surface area (Å²) in [5, 5.41) is 20.8. The van der Waals surface area contributed by atoms with Gasteiger partial charge in [0.05, 0.1) is 13.0 Å². The Morgan fingerprint density at radius 1 is 1.32 bits per heavy atom. The fraction of sp³-hybridized carbons (Fsp3) is 0.421. The highest BCUT2D eigenvalue weighted by atomic mass is 16.5. The number of carbonyl (C=O) groups is 2. The van der Waals surface area contributed by atoms with Gasteiger partial charge in [0, 0.05) is 6.04 Å². The molecule has 25 heavy (non-hydrogen) atoms. The van der Waals surface area contributed by atoms with E-state index in [0.29, 0.717) is 11.3 Å². The van der Waals surface area contributed by atoms with Crippen LogP contribution in [0.5, 0.6) is 5.75 Å². The number of carboxylic acids is 1. The van der Waals surface area contributed by atoms with Crippen molar-refractivity contribution in [2.24, 2.45) is 0 Å². The molecule has 1 aliphatic rings. The van der Waals surface area contributed by atoms with E-state index in [2.05, 4.69) is 5.32 Å². The predicted molar refractivity (Wildman–Crippen MR) is 92.8 cm³/mol. The number of hydrogen-bond donors (Lipinski definition) is 2. The zero-order chi connectivity index (χ0) is 18.1. The predicted octanol–water partition coefficient (Wildman–Crippen LogP) is 2.90. The summed E-state index contributed by atoms with van der Waals surface area (Å²) >= 11 is 0. The first kappa shape index (κ1) is 18.5. The standard InChI is InChI=1S/C19H22N2O4/c20-13-15(19(24)21-16-6-2-1-3-7-16)11-14-5-4-8-17(12-14)25-10-9-18(22)23/h4-5,8,11-12,16H,1-3,6-7,9-10H2,(H,21,24)(H,22,23). The molecule has 0 atom stereocenters. The molecule has 0 saturated heterocycles. The quantitative estimate of drug-likeness (QED) is 0.586. The van der Waals surface area contributed by atoms with Crippen LogP contribution in [-0.4, -0.2) is 29.6 Å². The maximum absolute atomic E-state index is 12.3. The Labute approximate surface area is 147 Å². The maximum atomic E-state index is 12.3. The summed E-state index contributed by atoms with van der Waals surface area (Å²) in [7, 11) is 0. The van der Waals surface area contributed by atoms with Crippen LogP contribution in [0.4, 0.5) is 0 Å². The van der Waals surface area contributed by atoms with E-state index < -0.39 is 5.97 Å². The van der Waals surface area contributed by atoms with Crippen molar-refractivity contribution in [3.05, 3.63) is 35.4 Å². The highest BCUT2D eigenvalue weighted by Gasteiger charge is 2.18. The summed E-state index contributed by atoms with van der Waals surface area (Å²) < 4.78 is 5.36. The maximum Gasteiger partial charge on any atom is 0.306 e. The van der Waals surface area contributed by atoms with Gasteiger partial charge < -0.3 is 15.2 Å². The first-order valence-electron chi connectivity index (χ1n) is 8.46. The molecule has 1 aromatic rings. The van der Waals surface area contributed by atoms with E-state index in [-0.39, 0.29) is 30.5 Å². The molecular weight excluding hydrogens is 320 g/mol. The van der Waals surface area contributed by atoms with E-state index >= 15 is 0 Å². The van der Waals surface area contributed by atoms with Crippen LogP contribution in [0.3, 0.4) is 0 Å². The normalized spacial score (nSPS) is 15.2. The number of hydrogen-bond acceptors (Lipinski definition) is 4. The first-order chi connectivity index (χ1) is 12.1. The monoisotopic (exact) mass is 342 g/mol. The van der Waals surface area contributed by atoms with Gasteiger partial charge in [0.1, 0.15) is 17.4 Å². The number of nitriles is 1. The van der Waals surface area contributed by atoms with Crippen LogP contribution in [0.25, 0.3) is 6.08 Å². The minimum Gasteiger partial charge on any atom is -0.493 e. The summed E-state index contributed by atoms with van der Waals surface area (Å²) in [5.41, 5.74) is 0.705. The Balaban J connectivity index is 2.01. The zero-order valence-corrected chi connectivity index (χ0v) is 14.0.